The molecule has 12 heavy (non-hydrogen) atoms. The monoisotopic (exact) mass is 162 g/mol. The smallest absolute Gasteiger partial charge is 0.172 e. The fourth-order valence-electron chi connectivity index (χ4n) is 1.35. The van der Waals surface area contributed by atoms with Gasteiger partial charge in [-0.05, 0) is 25.5 Å². The van der Waals surface area contributed by atoms with Crippen LogP contribution in [0.4, 0.5) is 5.69 Å². The molecule has 1 aromatic heterocycles. The van der Waals surface area contributed by atoms with Gasteiger partial charge in [-0.1, -0.05) is 11.2 Å². The summed E-state index contributed by atoms with van der Waals surface area (Å²) in [6.45, 7) is 3.87. The number of fused-ring (bicyclic) bond motifs is 1. The molecule has 0 atom stereocenters. The Labute approximate surface area is 70.1 Å². The van der Waals surface area contributed by atoms with Crippen molar-refractivity contribution in [3.63, 3.8) is 0 Å². The maximum atomic E-state index is 5.77. The first-order valence-corrected chi connectivity index (χ1v) is 3.81. The Balaban J connectivity index is 2.98. The van der Waals surface area contributed by atoms with Gasteiger partial charge in [0.25, 0.3) is 0 Å². The van der Waals surface area contributed by atoms with Gasteiger partial charge in [0.1, 0.15) is 0 Å². The highest BCUT2D eigenvalue weighted by atomic mass is 16.5. The van der Waals surface area contributed by atoms with Crippen LogP contribution in [0.5, 0.6) is 0 Å². The van der Waals surface area contributed by atoms with Crippen molar-refractivity contribution in [3.05, 3.63) is 23.4 Å². The molecule has 0 aliphatic rings. The Hall–Kier alpha value is -1.51. The summed E-state index contributed by atoms with van der Waals surface area (Å²) in [5.74, 6) is 0. The summed E-state index contributed by atoms with van der Waals surface area (Å²) in [5.41, 5.74) is 9.22. The number of hydrogen-bond donors (Lipinski definition) is 1. The number of rotatable bonds is 0. The molecular formula is C9H10N2O. The van der Waals surface area contributed by atoms with E-state index in [-0.39, 0.29) is 0 Å². The lowest BCUT2D eigenvalue weighted by Crippen LogP contribution is -1.87. The molecule has 0 fully saturated rings. The van der Waals surface area contributed by atoms with Crippen LogP contribution in [0.1, 0.15) is 11.3 Å². The second-order valence-electron chi connectivity index (χ2n) is 2.94. The van der Waals surface area contributed by atoms with E-state index < -0.39 is 0 Å². The number of aryl methyl sites for hydroxylation is 2. The summed E-state index contributed by atoms with van der Waals surface area (Å²) in [4.78, 5) is 0. The van der Waals surface area contributed by atoms with Crippen LogP contribution in [0, 0.1) is 13.8 Å². The quantitative estimate of drug-likeness (QED) is 0.603. The number of nitrogens with zero attached hydrogens (tertiary/aromatic N) is 1. The minimum atomic E-state index is 0.731. The summed E-state index contributed by atoms with van der Waals surface area (Å²) in [7, 11) is 0. The summed E-state index contributed by atoms with van der Waals surface area (Å²) in [5, 5.41) is 4.80. The van der Waals surface area contributed by atoms with Crippen LogP contribution in [0.25, 0.3) is 11.0 Å². The summed E-state index contributed by atoms with van der Waals surface area (Å²) < 4.78 is 5.13. The lowest BCUT2D eigenvalue weighted by atomic mass is 10.1. The van der Waals surface area contributed by atoms with Crippen molar-refractivity contribution in [1.29, 1.82) is 0 Å². The Morgan fingerprint density at radius 3 is 2.75 bits per heavy atom. The third-order valence-electron chi connectivity index (χ3n) is 2.02. The highest BCUT2D eigenvalue weighted by Gasteiger charge is 2.08. The van der Waals surface area contributed by atoms with Crippen molar-refractivity contribution >= 4 is 16.7 Å². The third kappa shape index (κ3) is 0.794. The molecule has 3 heteroatoms. The molecule has 2 aromatic rings. The van der Waals surface area contributed by atoms with Gasteiger partial charge in [0.15, 0.2) is 5.58 Å². The fraction of sp³-hybridized carbons (Fsp3) is 0.222. The van der Waals surface area contributed by atoms with Gasteiger partial charge in [0.05, 0.1) is 11.1 Å². The van der Waals surface area contributed by atoms with Crippen LogP contribution in [0.15, 0.2) is 16.7 Å². The molecule has 62 valence electrons. The van der Waals surface area contributed by atoms with E-state index in [2.05, 4.69) is 5.16 Å². The van der Waals surface area contributed by atoms with Crippen molar-refractivity contribution in [2.24, 2.45) is 0 Å². The first-order valence-electron chi connectivity index (χ1n) is 3.81. The van der Waals surface area contributed by atoms with Crippen LogP contribution < -0.4 is 5.73 Å². The van der Waals surface area contributed by atoms with Crippen LogP contribution in [0.3, 0.4) is 0 Å². The molecule has 0 aliphatic carbocycles. The van der Waals surface area contributed by atoms with Crippen molar-refractivity contribution in [2.75, 3.05) is 5.73 Å². The molecule has 0 spiro atoms. The maximum Gasteiger partial charge on any atom is 0.172 e. The number of aromatic nitrogens is 1. The molecule has 2 N–H and O–H groups in total. The van der Waals surface area contributed by atoms with E-state index in [4.69, 9.17) is 10.3 Å². The molecule has 0 amide bonds. The van der Waals surface area contributed by atoms with Crippen LogP contribution in [-0.2, 0) is 0 Å². The van der Waals surface area contributed by atoms with Gasteiger partial charge < -0.3 is 10.3 Å². The second-order valence-corrected chi connectivity index (χ2v) is 2.94. The van der Waals surface area contributed by atoms with E-state index >= 15 is 0 Å². The predicted molar refractivity (Wildman–Crippen MR) is 47.9 cm³/mol. The highest BCUT2D eigenvalue weighted by molar-refractivity contribution is 5.92. The molecule has 0 aliphatic heterocycles. The maximum absolute atomic E-state index is 5.77. The fourth-order valence-corrected chi connectivity index (χ4v) is 1.35. The standard InChI is InChI=1S/C9H10N2O/c1-5-3-4-7(10)8-6(2)11-12-9(5)8/h3-4H,10H2,1-2H3. The lowest BCUT2D eigenvalue weighted by molar-refractivity contribution is 0.449. The zero-order valence-electron chi connectivity index (χ0n) is 7.09. The zero-order chi connectivity index (χ0) is 8.72. The first-order chi connectivity index (χ1) is 5.70. The van der Waals surface area contributed by atoms with E-state index in [1.165, 1.54) is 0 Å². The molecule has 0 unspecified atom stereocenters. The van der Waals surface area contributed by atoms with Gasteiger partial charge in [0, 0.05) is 5.69 Å². The average molecular weight is 162 g/mol. The average Bonchev–Trinajstić information content (AvgIpc) is 2.42. The van der Waals surface area contributed by atoms with Gasteiger partial charge in [0.2, 0.25) is 0 Å². The van der Waals surface area contributed by atoms with Crippen LogP contribution in [-0.4, -0.2) is 5.16 Å². The van der Waals surface area contributed by atoms with Gasteiger partial charge in [-0.3, -0.25) is 0 Å². The minimum Gasteiger partial charge on any atom is -0.398 e. The number of benzene rings is 1. The number of nitrogen functional groups attached to an aromatic ring is 1. The molecule has 1 heterocycles. The number of hydrogen-bond acceptors (Lipinski definition) is 3. The Morgan fingerprint density at radius 2 is 2.08 bits per heavy atom. The van der Waals surface area contributed by atoms with Gasteiger partial charge in [-0.15, -0.1) is 0 Å². The highest BCUT2D eigenvalue weighted by Crippen LogP contribution is 2.26. The largest absolute Gasteiger partial charge is 0.398 e. The van der Waals surface area contributed by atoms with E-state index in [1.807, 2.05) is 26.0 Å². The van der Waals surface area contributed by atoms with Crippen molar-refractivity contribution in [2.45, 2.75) is 13.8 Å². The molecule has 3 nitrogen and oxygen atoms in total. The zero-order valence-corrected chi connectivity index (χ0v) is 7.09. The first kappa shape index (κ1) is 7.16. The molecule has 0 bridgehead atoms. The van der Waals surface area contributed by atoms with E-state index in [0.717, 1.165) is 27.9 Å². The van der Waals surface area contributed by atoms with Crippen LogP contribution >= 0.6 is 0 Å². The molecule has 2 rings (SSSR count). The van der Waals surface area contributed by atoms with Crippen molar-refractivity contribution in [1.82, 2.24) is 5.16 Å². The lowest BCUT2D eigenvalue weighted by Gasteiger charge is -1.96. The summed E-state index contributed by atoms with van der Waals surface area (Å²) in [6, 6.07) is 3.81. The molecule has 0 saturated heterocycles. The normalized spacial score (nSPS) is 10.8. The molecule has 1 aromatic carbocycles. The van der Waals surface area contributed by atoms with Gasteiger partial charge >= 0.3 is 0 Å². The Bertz CT molecular complexity index is 431. The topological polar surface area (TPSA) is 52.0 Å². The van der Waals surface area contributed by atoms with E-state index in [9.17, 15) is 0 Å². The Morgan fingerprint density at radius 1 is 1.33 bits per heavy atom. The van der Waals surface area contributed by atoms with E-state index in [0.29, 0.717) is 0 Å². The van der Waals surface area contributed by atoms with Crippen LogP contribution in [0.2, 0.25) is 0 Å². The van der Waals surface area contributed by atoms with E-state index in [1.54, 1.807) is 0 Å². The Kier molecular flexibility index (Phi) is 1.33. The second kappa shape index (κ2) is 2.24. The summed E-state index contributed by atoms with van der Waals surface area (Å²) in [6.07, 6.45) is 0. The molecular weight excluding hydrogens is 152 g/mol. The molecule has 0 saturated carbocycles. The van der Waals surface area contributed by atoms with Gasteiger partial charge in [-0.25, -0.2) is 0 Å². The third-order valence-corrected chi connectivity index (χ3v) is 2.02. The molecule has 0 radical (unpaired) electrons. The predicted octanol–water partition coefficient (Wildman–Crippen LogP) is 2.03. The summed E-state index contributed by atoms with van der Waals surface area (Å²) >= 11 is 0. The van der Waals surface area contributed by atoms with Crippen molar-refractivity contribution < 1.29 is 4.52 Å². The minimum absolute atomic E-state index is 0.731. The number of anilines is 1. The number of nitrogens with two attached hydrogens (primary N) is 1. The van der Waals surface area contributed by atoms with Gasteiger partial charge in [-0.2, -0.15) is 0 Å². The SMILES string of the molecule is Cc1ccc(N)c2c(C)noc12. The van der Waals surface area contributed by atoms with Crippen molar-refractivity contribution in [3.8, 4) is 0 Å².